The summed E-state index contributed by atoms with van der Waals surface area (Å²) in [7, 11) is 0. The third-order valence-electron chi connectivity index (χ3n) is 2.80. The summed E-state index contributed by atoms with van der Waals surface area (Å²) < 4.78 is 26.8. The standard InChI is InChI=1S/C13H12ClF2N3/c14-11-2-1-3-12(16)10(11)5-13(19-17)8-4-9(15)7-18-6-8/h1-4,6-7,13,19H,5,17H2. The monoisotopic (exact) mass is 283 g/mol. The van der Waals surface area contributed by atoms with E-state index in [1.54, 1.807) is 6.07 Å². The van der Waals surface area contributed by atoms with Gasteiger partial charge in [0.2, 0.25) is 0 Å². The molecule has 1 heterocycles. The Morgan fingerprint density at radius 1 is 1.32 bits per heavy atom. The molecule has 0 aliphatic heterocycles. The van der Waals surface area contributed by atoms with Crippen molar-refractivity contribution in [2.45, 2.75) is 12.5 Å². The van der Waals surface area contributed by atoms with E-state index in [1.165, 1.54) is 24.4 Å². The van der Waals surface area contributed by atoms with Crippen LogP contribution in [0, 0.1) is 11.6 Å². The number of hydrogen-bond donors (Lipinski definition) is 2. The summed E-state index contributed by atoms with van der Waals surface area (Å²) in [6.07, 6.45) is 2.77. The first-order chi connectivity index (χ1) is 9.11. The molecule has 1 aromatic carbocycles. The topological polar surface area (TPSA) is 50.9 Å². The lowest BCUT2D eigenvalue weighted by Gasteiger charge is -2.17. The zero-order chi connectivity index (χ0) is 13.8. The summed E-state index contributed by atoms with van der Waals surface area (Å²) in [5.41, 5.74) is 3.38. The molecule has 100 valence electrons. The Labute approximate surface area is 114 Å². The van der Waals surface area contributed by atoms with E-state index in [0.717, 1.165) is 6.20 Å². The molecule has 0 spiro atoms. The molecule has 2 aromatic rings. The molecule has 0 aliphatic carbocycles. The number of nitrogens with zero attached hydrogens (tertiary/aromatic N) is 1. The first kappa shape index (κ1) is 13.9. The van der Waals surface area contributed by atoms with Crippen LogP contribution in [0.2, 0.25) is 5.02 Å². The van der Waals surface area contributed by atoms with Gasteiger partial charge < -0.3 is 0 Å². The lowest BCUT2D eigenvalue weighted by molar-refractivity contribution is 0.522. The van der Waals surface area contributed by atoms with Gasteiger partial charge in [0.05, 0.1) is 12.2 Å². The van der Waals surface area contributed by atoms with Gasteiger partial charge in [0.25, 0.3) is 0 Å². The van der Waals surface area contributed by atoms with Crippen LogP contribution in [-0.2, 0) is 6.42 Å². The van der Waals surface area contributed by atoms with Crippen LogP contribution in [0.3, 0.4) is 0 Å². The third-order valence-corrected chi connectivity index (χ3v) is 3.15. The smallest absolute Gasteiger partial charge is 0.141 e. The van der Waals surface area contributed by atoms with E-state index in [1.807, 2.05) is 0 Å². The number of nitrogens with one attached hydrogen (secondary N) is 1. The number of pyridine rings is 1. The Morgan fingerprint density at radius 2 is 2.11 bits per heavy atom. The lowest BCUT2D eigenvalue weighted by Crippen LogP contribution is -2.30. The van der Waals surface area contributed by atoms with E-state index in [4.69, 9.17) is 17.4 Å². The minimum atomic E-state index is -0.475. The molecule has 6 heteroatoms. The minimum absolute atomic E-state index is 0.202. The fourth-order valence-corrected chi connectivity index (χ4v) is 2.06. The Kier molecular flexibility index (Phi) is 4.42. The second-order valence-electron chi connectivity index (χ2n) is 4.06. The van der Waals surface area contributed by atoms with Gasteiger partial charge in [-0.3, -0.25) is 16.3 Å². The van der Waals surface area contributed by atoms with Crippen LogP contribution >= 0.6 is 11.6 Å². The maximum atomic E-state index is 13.7. The summed E-state index contributed by atoms with van der Waals surface area (Å²) in [4.78, 5) is 3.74. The number of hydrogen-bond acceptors (Lipinski definition) is 3. The molecule has 0 bridgehead atoms. The van der Waals surface area contributed by atoms with Crippen LogP contribution in [0.5, 0.6) is 0 Å². The van der Waals surface area contributed by atoms with Gasteiger partial charge in [-0.15, -0.1) is 0 Å². The number of rotatable bonds is 4. The molecule has 2 rings (SSSR count). The zero-order valence-electron chi connectivity index (χ0n) is 9.91. The van der Waals surface area contributed by atoms with Crippen molar-refractivity contribution in [3.05, 3.63) is 64.4 Å². The summed E-state index contributed by atoms with van der Waals surface area (Å²) in [6, 6.07) is 5.26. The highest BCUT2D eigenvalue weighted by Gasteiger charge is 2.16. The molecule has 3 N–H and O–H groups in total. The van der Waals surface area contributed by atoms with Crippen LogP contribution in [0.15, 0.2) is 36.7 Å². The van der Waals surface area contributed by atoms with Gasteiger partial charge in [0.1, 0.15) is 11.6 Å². The van der Waals surface area contributed by atoms with Crippen molar-refractivity contribution in [2.24, 2.45) is 5.84 Å². The molecular weight excluding hydrogens is 272 g/mol. The Balaban J connectivity index is 2.29. The van der Waals surface area contributed by atoms with E-state index in [2.05, 4.69) is 10.4 Å². The summed E-state index contributed by atoms with van der Waals surface area (Å²) in [5.74, 6) is 4.54. The quantitative estimate of drug-likeness (QED) is 0.670. The maximum Gasteiger partial charge on any atom is 0.141 e. The summed E-state index contributed by atoms with van der Waals surface area (Å²) in [6.45, 7) is 0. The predicted molar refractivity (Wildman–Crippen MR) is 69.4 cm³/mol. The van der Waals surface area contributed by atoms with Gasteiger partial charge in [-0.05, 0) is 30.2 Å². The Hall–Kier alpha value is -1.56. The van der Waals surface area contributed by atoms with Crippen molar-refractivity contribution in [3.63, 3.8) is 0 Å². The first-order valence-corrected chi connectivity index (χ1v) is 5.99. The fourth-order valence-electron chi connectivity index (χ4n) is 1.82. The zero-order valence-corrected chi connectivity index (χ0v) is 10.7. The lowest BCUT2D eigenvalue weighted by atomic mass is 10.0. The molecule has 0 amide bonds. The molecule has 0 saturated carbocycles. The molecule has 3 nitrogen and oxygen atoms in total. The van der Waals surface area contributed by atoms with E-state index < -0.39 is 17.7 Å². The second-order valence-corrected chi connectivity index (χ2v) is 4.47. The highest BCUT2D eigenvalue weighted by molar-refractivity contribution is 6.31. The van der Waals surface area contributed by atoms with E-state index >= 15 is 0 Å². The average molecular weight is 284 g/mol. The van der Waals surface area contributed by atoms with Crippen molar-refractivity contribution < 1.29 is 8.78 Å². The molecule has 0 fully saturated rings. The minimum Gasteiger partial charge on any atom is -0.271 e. The Bertz CT molecular complexity index is 557. The highest BCUT2D eigenvalue weighted by atomic mass is 35.5. The first-order valence-electron chi connectivity index (χ1n) is 5.61. The van der Waals surface area contributed by atoms with Crippen molar-refractivity contribution >= 4 is 11.6 Å². The number of halogens is 3. The third kappa shape index (κ3) is 3.26. The SMILES string of the molecule is NNC(Cc1c(F)cccc1Cl)c1cncc(F)c1. The molecule has 0 aliphatic rings. The Morgan fingerprint density at radius 3 is 2.74 bits per heavy atom. The van der Waals surface area contributed by atoms with Crippen LogP contribution in [0.1, 0.15) is 17.2 Å². The van der Waals surface area contributed by atoms with Crippen molar-refractivity contribution in [2.75, 3.05) is 0 Å². The van der Waals surface area contributed by atoms with Crippen LogP contribution in [0.25, 0.3) is 0 Å². The van der Waals surface area contributed by atoms with Gasteiger partial charge >= 0.3 is 0 Å². The number of benzene rings is 1. The maximum absolute atomic E-state index is 13.7. The summed E-state index contributed by atoms with van der Waals surface area (Å²) in [5, 5.41) is 0.310. The van der Waals surface area contributed by atoms with E-state index in [0.29, 0.717) is 16.1 Å². The van der Waals surface area contributed by atoms with Crippen LogP contribution in [-0.4, -0.2) is 4.98 Å². The number of aromatic nitrogens is 1. The molecule has 19 heavy (non-hydrogen) atoms. The van der Waals surface area contributed by atoms with E-state index in [-0.39, 0.29) is 6.42 Å². The number of hydrazine groups is 1. The largest absolute Gasteiger partial charge is 0.271 e. The van der Waals surface area contributed by atoms with Gasteiger partial charge in [-0.1, -0.05) is 17.7 Å². The summed E-state index contributed by atoms with van der Waals surface area (Å²) >= 11 is 5.95. The number of nitrogens with two attached hydrogens (primary N) is 1. The normalized spacial score (nSPS) is 12.4. The molecule has 1 unspecified atom stereocenters. The molecule has 0 saturated heterocycles. The fraction of sp³-hybridized carbons (Fsp3) is 0.154. The van der Waals surface area contributed by atoms with Crippen molar-refractivity contribution in [1.82, 2.24) is 10.4 Å². The molecule has 1 atom stereocenters. The van der Waals surface area contributed by atoms with Crippen molar-refractivity contribution in [3.8, 4) is 0 Å². The van der Waals surface area contributed by atoms with Crippen molar-refractivity contribution in [1.29, 1.82) is 0 Å². The van der Waals surface area contributed by atoms with Gasteiger partial charge in [-0.25, -0.2) is 8.78 Å². The molecular formula is C13H12ClF2N3. The van der Waals surface area contributed by atoms with Gasteiger partial charge in [0, 0.05) is 16.8 Å². The van der Waals surface area contributed by atoms with Gasteiger partial charge in [-0.2, -0.15) is 0 Å². The van der Waals surface area contributed by atoms with E-state index in [9.17, 15) is 8.78 Å². The highest BCUT2D eigenvalue weighted by Crippen LogP contribution is 2.25. The molecule has 1 aromatic heterocycles. The van der Waals surface area contributed by atoms with Gasteiger partial charge in [0.15, 0.2) is 0 Å². The van der Waals surface area contributed by atoms with Crippen LogP contribution in [0.4, 0.5) is 8.78 Å². The second kappa shape index (κ2) is 6.06. The predicted octanol–water partition coefficient (Wildman–Crippen LogP) is 2.76. The van der Waals surface area contributed by atoms with Crippen LogP contribution < -0.4 is 11.3 Å². The molecule has 0 radical (unpaired) electrons. The average Bonchev–Trinajstić information content (AvgIpc) is 2.38.